The van der Waals surface area contributed by atoms with Crippen LogP contribution in [0.1, 0.15) is 31.9 Å². The van der Waals surface area contributed by atoms with E-state index >= 15 is 0 Å². The van der Waals surface area contributed by atoms with E-state index in [1.54, 1.807) is 12.1 Å². The van der Waals surface area contributed by atoms with Crippen molar-refractivity contribution < 1.29 is 15.4 Å². The molecule has 16 heavy (non-hydrogen) atoms. The predicted molar refractivity (Wildman–Crippen MR) is 62.2 cm³/mol. The van der Waals surface area contributed by atoms with Gasteiger partial charge in [-0.05, 0) is 29.2 Å². The van der Waals surface area contributed by atoms with E-state index in [0.717, 1.165) is 5.56 Å². The van der Waals surface area contributed by atoms with Crippen LogP contribution in [0.15, 0.2) is 23.4 Å². The number of aliphatic hydroxyl groups is 1. The number of benzene rings is 1. The number of rotatable bonds is 2. The van der Waals surface area contributed by atoms with Crippen molar-refractivity contribution in [2.75, 3.05) is 6.61 Å². The minimum atomic E-state index is -0.342. The van der Waals surface area contributed by atoms with Gasteiger partial charge in [0.25, 0.3) is 0 Å². The molecule has 0 radical (unpaired) electrons. The second kappa shape index (κ2) is 4.53. The highest BCUT2D eigenvalue weighted by Gasteiger charge is 2.19. The predicted octanol–water partition coefficient (Wildman–Crippen LogP) is 1.86. The quantitative estimate of drug-likeness (QED) is 0.407. The fraction of sp³-hybridized carbons (Fsp3) is 0.417. The molecular formula is C12H17NO3. The Balaban J connectivity index is 3.28. The summed E-state index contributed by atoms with van der Waals surface area (Å²) in [6.45, 7) is 5.58. The fourth-order valence-corrected chi connectivity index (χ4v) is 1.50. The first kappa shape index (κ1) is 12.5. The van der Waals surface area contributed by atoms with Crippen LogP contribution in [-0.2, 0) is 5.41 Å². The van der Waals surface area contributed by atoms with E-state index in [0.29, 0.717) is 5.56 Å². The van der Waals surface area contributed by atoms with Gasteiger partial charge < -0.3 is 15.4 Å². The summed E-state index contributed by atoms with van der Waals surface area (Å²) in [5.74, 6) is 0.200. The van der Waals surface area contributed by atoms with Crippen molar-refractivity contribution in [3.63, 3.8) is 0 Å². The molecule has 0 fully saturated rings. The van der Waals surface area contributed by atoms with Gasteiger partial charge in [-0.15, -0.1) is 0 Å². The molecule has 0 bridgehead atoms. The van der Waals surface area contributed by atoms with Crippen LogP contribution in [0, 0.1) is 0 Å². The Bertz CT molecular complexity index is 405. The van der Waals surface area contributed by atoms with Crippen LogP contribution >= 0.6 is 0 Å². The van der Waals surface area contributed by atoms with Gasteiger partial charge >= 0.3 is 0 Å². The fourth-order valence-electron chi connectivity index (χ4n) is 1.50. The summed E-state index contributed by atoms with van der Waals surface area (Å²) in [5.41, 5.74) is 1.33. The summed E-state index contributed by atoms with van der Waals surface area (Å²) in [5, 5.41) is 30.4. The van der Waals surface area contributed by atoms with Gasteiger partial charge in [-0.3, -0.25) is 0 Å². The zero-order valence-corrected chi connectivity index (χ0v) is 9.73. The summed E-state index contributed by atoms with van der Waals surface area (Å²) in [6, 6.07) is 4.87. The number of hydrogen-bond acceptors (Lipinski definition) is 4. The average Bonchev–Trinajstić information content (AvgIpc) is 2.20. The summed E-state index contributed by atoms with van der Waals surface area (Å²) < 4.78 is 0. The molecule has 88 valence electrons. The Hall–Kier alpha value is -1.55. The van der Waals surface area contributed by atoms with Gasteiger partial charge in [0.2, 0.25) is 0 Å². The monoisotopic (exact) mass is 223 g/mol. The van der Waals surface area contributed by atoms with E-state index in [1.807, 2.05) is 20.8 Å². The van der Waals surface area contributed by atoms with Gasteiger partial charge in [-0.25, -0.2) is 0 Å². The number of hydrogen-bond donors (Lipinski definition) is 3. The van der Waals surface area contributed by atoms with Gasteiger partial charge in [0.1, 0.15) is 11.5 Å². The number of aromatic hydroxyl groups is 1. The highest BCUT2D eigenvalue weighted by Crippen LogP contribution is 2.31. The molecule has 0 spiro atoms. The standard InChI is InChI=1S/C12H17NO3/c1-12(2,3)9-6-8(4-5-11(9)15)10(7-14)13-16/h4-6,14-16H,7H2,1-3H3. The normalized spacial score (nSPS) is 12.9. The topological polar surface area (TPSA) is 73.1 Å². The van der Waals surface area contributed by atoms with Crippen LogP contribution in [-0.4, -0.2) is 27.7 Å². The first-order chi connectivity index (χ1) is 7.40. The Morgan fingerprint density at radius 2 is 1.94 bits per heavy atom. The molecule has 4 nitrogen and oxygen atoms in total. The van der Waals surface area contributed by atoms with Gasteiger partial charge in [0.15, 0.2) is 0 Å². The third-order valence-corrected chi connectivity index (χ3v) is 2.41. The van der Waals surface area contributed by atoms with Crippen LogP contribution in [0.25, 0.3) is 0 Å². The van der Waals surface area contributed by atoms with Gasteiger partial charge in [0, 0.05) is 5.56 Å². The van der Waals surface area contributed by atoms with Crippen molar-refractivity contribution in [1.29, 1.82) is 0 Å². The molecule has 1 aromatic rings. The van der Waals surface area contributed by atoms with Crippen molar-refractivity contribution in [3.8, 4) is 5.75 Å². The van der Waals surface area contributed by atoms with Crippen molar-refractivity contribution in [2.45, 2.75) is 26.2 Å². The molecule has 0 aliphatic carbocycles. The lowest BCUT2D eigenvalue weighted by Crippen LogP contribution is -2.14. The van der Waals surface area contributed by atoms with Crippen molar-refractivity contribution in [1.82, 2.24) is 0 Å². The van der Waals surface area contributed by atoms with Crippen LogP contribution in [0.5, 0.6) is 5.75 Å². The van der Waals surface area contributed by atoms with Crippen LogP contribution < -0.4 is 0 Å². The Kier molecular flexibility index (Phi) is 3.55. The molecular weight excluding hydrogens is 206 g/mol. The minimum absolute atomic E-state index is 0.186. The number of phenols is 1. The molecule has 0 amide bonds. The molecule has 0 aromatic heterocycles. The molecule has 4 heteroatoms. The second-order valence-electron chi connectivity index (χ2n) is 4.69. The van der Waals surface area contributed by atoms with Crippen LogP contribution in [0.3, 0.4) is 0 Å². The Labute approximate surface area is 94.9 Å². The zero-order valence-electron chi connectivity index (χ0n) is 9.73. The molecule has 0 heterocycles. The maximum atomic E-state index is 9.73. The second-order valence-corrected chi connectivity index (χ2v) is 4.69. The van der Waals surface area contributed by atoms with Gasteiger partial charge in [-0.2, -0.15) is 0 Å². The summed E-state index contributed by atoms with van der Waals surface area (Å²) >= 11 is 0. The van der Waals surface area contributed by atoms with Crippen molar-refractivity contribution in [3.05, 3.63) is 29.3 Å². The third kappa shape index (κ3) is 2.52. The largest absolute Gasteiger partial charge is 0.508 e. The molecule has 0 aliphatic heterocycles. The van der Waals surface area contributed by atoms with E-state index in [-0.39, 0.29) is 23.5 Å². The van der Waals surface area contributed by atoms with E-state index in [9.17, 15) is 5.11 Å². The molecule has 0 atom stereocenters. The molecule has 0 unspecified atom stereocenters. The number of phenolic OH excluding ortho intramolecular Hbond substituents is 1. The average molecular weight is 223 g/mol. The SMILES string of the molecule is CC(C)(C)c1cc(C(CO)=NO)ccc1O. The molecule has 1 aromatic carbocycles. The molecule has 0 saturated heterocycles. The highest BCUT2D eigenvalue weighted by molar-refractivity contribution is 6.01. The summed E-state index contributed by atoms with van der Waals surface area (Å²) in [6.07, 6.45) is 0. The zero-order chi connectivity index (χ0) is 12.3. The van der Waals surface area contributed by atoms with E-state index in [2.05, 4.69) is 5.16 Å². The first-order valence-electron chi connectivity index (χ1n) is 5.06. The minimum Gasteiger partial charge on any atom is -0.508 e. The molecule has 1 rings (SSSR count). The lowest BCUT2D eigenvalue weighted by atomic mass is 9.85. The van der Waals surface area contributed by atoms with E-state index in [1.165, 1.54) is 6.07 Å². The van der Waals surface area contributed by atoms with Gasteiger partial charge in [0.05, 0.1) is 6.61 Å². The van der Waals surface area contributed by atoms with E-state index in [4.69, 9.17) is 10.3 Å². The third-order valence-electron chi connectivity index (χ3n) is 2.41. The molecule has 0 aliphatic rings. The van der Waals surface area contributed by atoms with Crippen LogP contribution in [0.2, 0.25) is 0 Å². The first-order valence-corrected chi connectivity index (χ1v) is 5.06. The number of nitrogens with zero attached hydrogens (tertiary/aromatic N) is 1. The Morgan fingerprint density at radius 1 is 1.31 bits per heavy atom. The maximum absolute atomic E-state index is 9.73. The Morgan fingerprint density at radius 3 is 2.38 bits per heavy atom. The lowest BCUT2D eigenvalue weighted by molar-refractivity contribution is 0.303. The van der Waals surface area contributed by atoms with Crippen molar-refractivity contribution >= 4 is 5.71 Å². The lowest BCUT2D eigenvalue weighted by Gasteiger charge is -2.21. The number of aliphatic hydroxyl groups excluding tert-OH is 1. The molecule has 3 N–H and O–H groups in total. The van der Waals surface area contributed by atoms with E-state index < -0.39 is 0 Å². The number of oxime groups is 1. The smallest absolute Gasteiger partial charge is 0.119 e. The summed E-state index contributed by atoms with van der Waals surface area (Å²) in [4.78, 5) is 0. The molecule has 0 saturated carbocycles. The van der Waals surface area contributed by atoms with Crippen LogP contribution in [0.4, 0.5) is 0 Å². The summed E-state index contributed by atoms with van der Waals surface area (Å²) in [7, 11) is 0. The van der Waals surface area contributed by atoms with Crippen molar-refractivity contribution in [2.24, 2.45) is 5.16 Å². The maximum Gasteiger partial charge on any atom is 0.119 e. The highest BCUT2D eigenvalue weighted by atomic mass is 16.4. The van der Waals surface area contributed by atoms with Gasteiger partial charge in [-0.1, -0.05) is 25.9 Å².